The molecule has 1 aliphatic rings. The van der Waals surface area contributed by atoms with Gasteiger partial charge in [-0.05, 0) is 37.8 Å². The standard InChI is InChI=1S/C18H18N4OS2/c23-16(22-18-21-13-6-2-1-3-8-15(13)25-18)10-12-11-24-17(20-12)14-7-4-5-9-19-14/h4-5,7,9,11H,1-3,6,8,10H2,(H,21,22,23). The number of aromatic nitrogens is 3. The topological polar surface area (TPSA) is 67.8 Å². The number of aryl methyl sites for hydroxylation is 2. The van der Waals surface area contributed by atoms with Crippen LogP contribution in [0.4, 0.5) is 5.13 Å². The number of amides is 1. The number of carbonyl (C=O) groups excluding carboxylic acids is 1. The van der Waals surface area contributed by atoms with Crippen LogP contribution in [0.3, 0.4) is 0 Å². The molecule has 128 valence electrons. The molecule has 0 fully saturated rings. The van der Waals surface area contributed by atoms with Gasteiger partial charge in [0.2, 0.25) is 5.91 Å². The first kappa shape index (κ1) is 16.4. The predicted octanol–water partition coefficient (Wildman–Crippen LogP) is 4.11. The zero-order valence-electron chi connectivity index (χ0n) is 13.7. The maximum Gasteiger partial charge on any atom is 0.232 e. The Kier molecular flexibility index (Phi) is 4.85. The lowest BCUT2D eigenvalue weighted by Crippen LogP contribution is -2.14. The van der Waals surface area contributed by atoms with E-state index in [2.05, 4.69) is 20.3 Å². The Bertz CT molecular complexity index is 849. The van der Waals surface area contributed by atoms with E-state index in [4.69, 9.17) is 0 Å². The van der Waals surface area contributed by atoms with Crippen molar-refractivity contribution in [2.24, 2.45) is 0 Å². The average molecular weight is 371 g/mol. The zero-order valence-corrected chi connectivity index (χ0v) is 15.3. The van der Waals surface area contributed by atoms with Crippen LogP contribution in [0, 0.1) is 0 Å². The fraction of sp³-hybridized carbons (Fsp3) is 0.333. The lowest BCUT2D eigenvalue weighted by atomic mass is 10.2. The molecule has 1 aliphatic carbocycles. The number of fused-ring (bicyclic) bond motifs is 1. The molecule has 3 aromatic heterocycles. The van der Waals surface area contributed by atoms with E-state index in [1.807, 2.05) is 23.6 Å². The quantitative estimate of drug-likeness (QED) is 0.702. The molecule has 0 spiro atoms. The third-order valence-electron chi connectivity index (χ3n) is 4.12. The number of pyridine rings is 1. The van der Waals surface area contributed by atoms with Gasteiger partial charge in [0.15, 0.2) is 5.13 Å². The molecule has 0 aliphatic heterocycles. The van der Waals surface area contributed by atoms with Crippen molar-refractivity contribution in [2.45, 2.75) is 38.5 Å². The molecule has 0 saturated carbocycles. The van der Waals surface area contributed by atoms with Crippen molar-refractivity contribution in [3.8, 4) is 10.7 Å². The lowest BCUT2D eigenvalue weighted by Gasteiger charge is -1.99. The van der Waals surface area contributed by atoms with Crippen molar-refractivity contribution in [1.82, 2.24) is 15.0 Å². The van der Waals surface area contributed by atoms with Crippen molar-refractivity contribution >= 4 is 33.7 Å². The van der Waals surface area contributed by atoms with Gasteiger partial charge < -0.3 is 5.32 Å². The van der Waals surface area contributed by atoms with E-state index >= 15 is 0 Å². The molecule has 0 saturated heterocycles. The van der Waals surface area contributed by atoms with Gasteiger partial charge in [-0.2, -0.15) is 0 Å². The fourth-order valence-electron chi connectivity index (χ4n) is 2.91. The number of carbonyl (C=O) groups is 1. The molecule has 7 heteroatoms. The summed E-state index contributed by atoms with van der Waals surface area (Å²) in [5, 5.41) is 6.41. The number of nitrogens with zero attached hydrogens (tertiary/aromatic N) is 3. The number of hydrogen-bond donors (Lipinski definition) is 1. The number of anilines is 1. The van der Waals surface area contributed by atoms with Crippen LogP contribution in [0.15, 0.2) is 29.8 Å². The zero-order chi connectivity index (χ0) is 17.1. The van der Waals surface area contributed by atoms with Crippen molar-refractivity contribution in [1.29, 1.82) is 0 Å². The summed E-state index contributed by atoms with van der Waals surface area (Å²) in [5.74, 6) is -0.0678. The van der Waals surface area contributed by atoms with E-state index in [1.54, 1.807) is 17.5 Å². The third-order valence-corrected chi connectivity index (χ3v) is 6.11. The Balaban J connectivity index is 1.40. The third kappa shape index (κ3) is 3.93. The Hall–Kier alpha value is -2.12. The van der Waals surface area contributed by atoms with E-state index in [-0.39, 0.29) is 12.3 Å². The molecule has 4 rings (SSSR count). The van der Waals surface area contributed by atoms with E-state index in [0.29, 0.717) is 0 Å². The highest BCUT2D eigenvalue weighted by Crippen LogP contribution is 2.29. The molecule has 1 N–H and O–H groups in total. The van der Waals surface area contributed by atoms with E-state index in [0.717, 1.165) is 34.4 Å². The van der Waals surface area contributed by atoms with Gasteiger partial charge in [0.25, 0.3) is 0 Å². The first-order valence-electron chi connectivity index (χ1n) is 8.42. The highest BCUT2D eigenvalue weighted by atomic mass is 32.1. The number of nitrogens with one attached hydrogen (secondary N) is 1. The number of thiazole rings is 2. The lowest BCUT2D eigenvalue weighted by molar-refractivity contribution is -0.115. The van der Waals surface area contributed by atoms with Gasteiger partial charge in [-0.15, -0.1) is 22.7 Å². The number of rotatable bonds is 4. The first-order chi connectivity index (χ1) is 12.3. The molecule has 5 nitrogen and oxygen atoms in total. The molecular formula is C18H18N4OS2. The van der Waals surface area contributed by atoms with Crippen LogP contribution in [-0.4, -0.2) is 20.9 Å². The smallest absolute Gasteiger partial charge is 0.232 e. The van der Waals surface area contributed by atoms with Crippen molar-refractivity contribution in [3.63, 3.8) is 0 Å². The van der Waals surface area contributed by atoms with Gasteiger partial charge in [-0.25, -0.2) is 9.97 Å². The summed E-state index contributed by atoms with van der Waals surface area (Å²) < 4.78 is 0. The first-order valence-corrected chi connectivity index (χ1v) is 10.1. The highest BCUT2D eigenvalue weighted by molar-refractivity contribution is 7.15. The summed E-state index contributed by atoms with van der Waals surface area (Å²) in [5.41, 5.74) is 2.77. The van der Waals surface area contributed by atoms with E-state index < -0.39 is 0 Å². The minimum absolute atomic E-state index is 0.0678. The van der Waals surface area contributed by atoms with Crippen LogP contribution in [0.25, 0.3) is 10.7 Å². The largest absolute Gasteiger partial charge is 0.302 e. The molecular weight excluding hydrogens is 352 g/mol. The van der Waals surface area contributed by atoms with E-state index in [1.165, 1.54) is 41.2 Å². The Labute approximate surface area is 154 Å². The maximum absolute atomic E-state index is 12.3. The summed E-state index contributed by atoms with van der Waals surface area (Å²) >= 11 is 3.13. The Morgan fingerprint density at radius 3 is 2.96 bits per heavy atom. The predicted molar refractivity (Wildman–Crippen MR) is 101 cm³/mol. The van der Waals surface area contributed by atoms with Crippen LogP contribution in [0.1, 0.15) is 35.5 Å². The molecule has 0 unspecified atom stereocenters. The molecule has 25 heavy (non-hydrogen) atoms. The second-order valence-electron chi connectivity index (χ2n) is 6.03. The Morgan fingerprint density at radius 1 is 1.16 bits per heavy atom. The fourth-order valence-corrected chi connectivity index (χ4v) is 4.77. The van der Waals surface area contributed by atoms with Gasteiger partial charge >= 0.3 is 0 Å². The molecule has 3 heterocycles. The van der Waals surface area contributed by atoms with Gasteiger partial charge in [-0.1, -0.05) is 12.5 Å². The maximum atomic E-state index is 12.3. The summed E-state index contributed by atoms with van der Waals surface area (Å²) in [6.07, 6.45) is 7.80. The van der Waals surface area contributed by atoms with Gasteiger partial charge in [0.05, 0.1) is 23.5 Å². The van der Waals surface area contributed by atoms with Crippen molar-refractivity contribution < 1.29 is 4.79 Å². The van der Waals surface area contributed by atoms with Crippen LogP contribution < -0.4 is 5.32 Å². The SMILES string of the molecule is O=C(Cc1csc(-c2ccccn2)n1)Nc1nc2c(s1)CCCCC2. The monoisotopic (exact) mass is 370 g/mol. The average Bonchev–Trinajstić information content (AvgIpc) is 3.17. The minimum Gasteiger partial charge on any atom is -0.302 e. The van der Waals surface area contributed by atoms with Gasteiger partial charge in [0, 0.05) is 16.5 Å². The van der Waals surface area contributed by atoms with Crippen LogP contribution in [0.5, 0.6) is 0 Å². The molecule has 0 atom stereocenters. The Morgan fingerprint density at radius 2 is 2.08 bits per heavy atom. The van der Waals surface area contributed by atoms with Crippen molar-refractivity contribution in [3.05, 3.63) is 46.0 Å². The molecule has 0 bridgehead atoms. The molecule has 0 radical (unpaired) electrons. The molecule has 0 aromatic carbocycles. The molecule has 1 amide bonds. The van der Waals surface area contributed by atoms with Gasteiger partial charge in [-0.3, -0.25) is 9.78 Å². The highest BCUT2D eigenvalue weighted by Gasteiger charge is 2.16. The normalized spacial score (nSPS) is 13.9. The van der Waals surface area contributed by atoms with Gasteiger partial charge in [0.1, 0.15) is 5.01 Å². The van der Waals surface area contributed by atoms with E-state index in [9.17, 15) is 4.79 Å². The van der Waals surface area contributed by atoms with Crippen LogP contribution >= 0.6 is 22.7 Å². The van der Waals surface area contributed by atoms with Crippen LogP contribution in [-0.2, 0) is 24.1 Å². The van der Waals surface area contributed by atoms with Crippen LogP contribution in [0.2, 0.25) is 0 Å². The minimum atomic E-state index is -0.0678. The summed E-state index contributed by atoms with van der Waals surface area (Å²) in [6, 6.07) is 5.73. The number of hydrogen-bond acceptors (Lipinski definition) is 6. The second-order valence-corrected chi connectivity index (χ2v) is 7.98. The van der Waals surface area contributed by atoms with Crippen molar-refractivity contribution in [2.75, 3.05) is 5.32 Å². The summed E-state index contributed by atoms with van der Waals surface area (Å²) in [4.78, 5) is 27.1. The summed E-state index contributed by atoms with van der Waals surface area (Å²) in [7, 11) is 0. The second kappa shape index (κ2) is 7.41. The molecule has 3 aromatic rings. The summed E-state index contributed by atoms with van der Waals surface area (Å²) in [6.45, 7) is 0.